The lowest BCUT2D eigenvalue weighted by Crippen LogP contribution is -2.01. The summed E-state index contributed by atoms with van der Waals surface area (Å²) in [5.41, 5.74) is 3.83. The van der Waals surface area contributed by atoms with Crippen LogP contribution < -0.4 is 0 Å². The van der Waals surface area contributed by atoms with Crippen molar-refractivity contribution in [1.29, 1.82) is 0 Å². The van der Waals surface area contributed by atoms with Gasteiger partial charge in [0.2, 0.25) is 0 Å². The molecule has 2 heterocycles. The Morgan fingerprint density at radius 2 is 1.86 bits per heavy atom. The third kappa shape index (κ3) is 2.76. The first-order chi connectivity index (χ1) is 10.1. The average Bonchev–Trinajstić information content (AvgIpc) is 2.85. The van der Waals surface area contributed by atoms with Crippen molar-refractivity contribution in [2.45, 2.75) is 26.2 Å². The molecule has 0 saturated heterocycles. The van der Waals surface area contributed by atoms with Gasteiger partial charge in [-0.25, -0.2) is 9.50 Å². The molecule has 0 aliphatic heterocycles. The number of aromatic nitrogens is 3. The number of nitrogens with zero attached hydrogens (tertiary/aromatic N) is 3. The number of rotatable bonds is 3. The van der Waals surface area contributed by atoms with Gasteiger partial charge in [0.25, 0.3) is 0 Å². The van der Waals surface area contributed by atoms with Gasteiger partial charge in [0.05, 0.1) is 5.69 Å². The zero-order valence-corrected chi connectivity index (χ0v) is 13.4. The lowest BCUT2D eigenvalue weighted by molar-refractivity contribution is 0.731. The Morgan fingerprint density at radius 3 is 2.52 bits per heavy atom. The summed E-state index contributed by atoms with van der Waals surface area (Å²) in [4.78, 5) is 4.48. The summed E-state index contributed by atoms with van der Waals surface area (Å²) in [5, 5.41) is 5.93. The van der Waals surface area contributed by atoms with Crippen LogP contribution in [0.4, 0.5) is 0 Å². The number of hydrogen-bond acceptors (Lipinski definition) is 2. The number of halogens is 2. The zero-order valence-electron chi connectivity index (χ0n) is 11.8. The van der Waals surface area contributed by atoms with Gasteiger partial charge in [-0.1, -0.05) is 42.3 Å². The highest BCUT2D eigenvalue weighted by Gasteiger charge is 2.17. The monoisotopic (exact) mass is 319 g/mol. The second-order valence-corrected chi connectivity index (χ2v) is 5.90. The Hall–Kier alpha value is -1.58. The highest BCUT2D eigenvalue weighted by molar-refractivity contribution is 6.30. The lowest BCUT2D eigenvalue weighted by Gasteiger charge is -2.12. The van der Waals surface area contributed by atoms with Crippen molar-refractivity contribution in [2.75, 3.05) is 0 Å². The summed E-state index contributed by atoms with van der Waals surface area (Å²) in [7, 11) is 0. The van der Waals surface area contributed by atoms with Crippen LogP contribution in [0.1, 0.15) is 36.2 Å². The van der Waals surface area contributed by atoms with E-state index in [1.54, 1.807) is 4.52 Å². The van der Waals surface area contributed by atoms with Gasteiger partial charge in [-0.15, -0.1) is 0 Å². The molecule has 0 fully saturated rings. The van der Waals surface area contributed by atoms with Gasteiger partial charge in [0.15, 0.2) is 5.65 Å². The van der Waals surface area contributed by atoms with E-state index in [-0.39, 0.29) is 5.92 Å². The van der Waals surface area contributed by atoms with Crippen molar-refractivity contribution in [2.24, 2.45) is 0 Å². The van der Waals surface area contributed by atoms with Crippen molar-refractivity contribution >= 4 is 28.8 Å². The first kappa shape index (κ1) is 14.4. The summed E-state index contributed by atoms with van der Waals surface area (Å²) >= 11 is 12.2. The molecule has 3 aromatic rings. The molecule has 1 atom stereocenters. The third-order valence-corrected chi connectivity index (χ3v) is 4.09. The van der Waals surface area contributed by atoms with E-state index in [1.165, 1.54) is 5.56 Å². The van der Waals surface area contributed by atoms with Crippen LogP contribution in [0, 0.1) is 6.92 Å². The molecule has 1 unspecified atom stereocenters. The fraction of sp³-hybridized carbons (Fsp3) is 0.250. The fourth-order valence-corrected chi connectivity index (χ4v) is 2.96. The molecule has 1 aromatic carbocycles. The second-order valence-electron chi connectivity index (χ2n) is 5.07. The number of aryl methyl sites for hydroxylation is 1. The van der Waals surface area contributed by atoms with E-state index in [0.717, 1.165) is 28.5 Å². The van der Waals surface area contributed by atoms with E-state index < -0.39 is 0 Å². The van der Waals surface area contributed by atoms with Crippen LogP contribution >= 0.6 is 23.2 Å². The van der Waals surface area contributed by atoms with Crippen LogP contribution in [0.25, 0.3) is 5.65 Å². The largest absolute Gasteiger partial charge is 0.234 e. The number of fused-ring (bicyclic) bond motifs is 1. The van der Waals surface area contributed by atoms with E-state index in [4.69, 9.17) is 23.2 Å². The van der Waals surface area contributed by atoms with Crippen LogP contribution in [-0.2, 0) is 0 Å². The first-order valence-electron chi connectivity index (χ1n) is 6.86. The Morgan fingerprint density at radius 1 is 1.14 bits per heavy atom. The predicted octanol–water partition coefficient (Wildman–Crippen LogP) is 4.89. The molecular formula is C16H15Cl2N3. The van der Waals surface area contributed by atoms with Crippen LogP contribution in [0.15, 0.2) is 36.4 Å². The molecule has 5 heteroatoms. The molecule has 108 valence electrons. The van der Waals surface area contributed by atoms with E-state index >= 15 is 0 Å². The number of benzene rings is 1. The van der Waals surface area contributed by atoms with Crippen LogP contribution in [0.5, 0.6) is 0 Å². The molecule has 0 aliphatic carbocycles. The van der Waals surface area contributed by atoms with Crippen LogP contribution in [0.2, 0.25) is 10.2 Å². The van der Waals surface area contributed by atoms with Gasteiger partial charge in [-0.2, -0.15) is 5.10 Å². The maximum Gasteiger partial charge on any atom is 0.157 e. The minimum Gasteiger partial charge on any atom is -0.234 e. The van der Waals surface area contributed by atoms with Crippen molar-refractivity contribution in [3.05, 3.63) is 63.5 Å². The molecule has 21 heavy (non-hydrogen) atoms. The van der Waals surface area contributed by atoms with Gasteiger partial charge in [0.1, 0.15) is 5.15 Å². The topological polar surface area (TPSA) is 30.2 Å². The molecule has 0 spiro atoms. The Kier molecular flexibility index (Phi) is 3.87. The Bertz CT molecular complexity index is 778. The quantitative estimate of drug-likeness (QED) is 0.643. The lowest BCUT2D eigenvalue weighted by atomic mass is 9.93. The smallest absolute Gasteiger partial charge is 0.157 e. The van der Waals surface area contributed by atoms with Gasteiger partial charge < -0.3 is 0 Å². The SMILES string of the molecule is CCC(c1ccc(Cl)cc1)c1cc2nc(C)cc(Cl)n2n1. The van der Waals surface area contributed by atoms with E-state index in [1.807, 2.05) is 43.3 Å². The van der Waals surface area contributed by atoms with Gasteiger partial charge >= 0.3 is 0 Å². The first-order valence-corrected chi connectivity index (χ1v) is 7.62. The highest BCUT2D eigenvalue weighted by atomic mass is 35.5. The molecule has 0 saturated carbocycles. The minimum absolute atomic E-state index is 0.209. The van der Waals surface area contributed by atoms with Crippen molar-refractivity contribution in [3.8, 4) is 0 Å². The van der Waals surface area contributed by atoms with Crippen molar-refractivity contribution in [1.82, 2.24) is 14.6 Å². The van der Waals surface area contributed by atoms with Gasteiger partial charge in [-0.3, -0.25) is 0 Å². The molecule has 2 aromatic heterocycles. The molecule has 3 nitrogen and oxygen atoms in total. The standard InChI is InChI=1S/C16H15Cl2N3/c1-3-13(11-4-6-12(17)7-5-11)14-9-16-19-10(2)8-15(18)21(16)20-14/h4-9,13H,3H2,1-2H3. The molecule has 0 bridgehead atoms. The summed E-state index contributed by atoms with van der Waals surface area (Å²) in [6.45, 7) is 4.07. The summed E-state index contributed by atoms with van der Waals surface area (Å²) in [5.74, 6) is 0.209. The van der Waals surface area contributed by atoms with E-state index in [0.29, 0.717) is 5.15 Å². The second kappa shape index (κ2) is 5.66. The highest BCUT2D eigenvalue weighted by Crippen LogP contribution is 2.29. The molecular weight excluding hydrogens is 305 g/mol. The summed E-state index contributed by atoms with van der Waals surface area (Å²) < 4.78 is 1.68. The van der Waals surface area contributed by atoms with Crippen LogP contribution in [0.3, 0.4) is 0 Å². The molecule has 3 rings (SSSR count). The van der Waals surface area contributed by atoms with Gasteiger partial charge in [0, 0.05) is 22.7 Å². The molecule has 0 N–H and O–H groups in total. The fourth-order valence-electron chi connectivity index (χ4n) is 2.55. The maximum absolute atomic E-state index is 6.23. The average molecular weight is 320 g/mol. The number of hydrogen-bond donors (Lipinski definition) is 0. The minimum atomic E-state index is 0.209. The molecule has 0 radical (unpaired) electrons. The normalized spacial score (nSPS) is 12.8. The summed E-state index contributed by atoms with van der Waals surface area (Å²) in [6.07, 6.45) is 0.947. The molecule has 0 amide bonds. The zero-order chi connectivity index (χ0) is 15.0. The third-order valence-electron chi connectivity index (χ3n) is 3.57. The molecule has 0 aliphatic rings. The van der Waals surface area contributed by atoms with Gasteiger partial charge in [-0.05, 0) is 37.1 Å². The Balaban J connectivity index is 2.09. The predicted molar refractivity (Wildman–Crippen MR) is 86.3 cm³/mol. The van der Waals surface area contributed by atoms with E-state index in [9.17, 15) is 0 Å². The summed E-state index contributed by atoms with van der Waals surface area (Å²) in [6, 6.07) is 11.7. The maximum atomic E-state index is 6.23. The van der Waals surface area contributed by atoms with E-state index in [2.05, 4.69) is 17.0 Å². The Labute approximate surface area is 133 Å². The van der Waals surface area contributed by atoms with Crippen molar-refractivity contribution in [3.63, 3.8) is 0 Å². The van der Waals surface area contributed by atoms with Crippen LogP contribution in [-0.4, -0.2) is 14.6 Å². The van der Waals surface area contributed by atoms with Crippen molar-refractivity contribution < 1.29 is 0 Å².